The Kier molecular flexibility index (Phi) is 4.30. The minimum atomic E-state index is -0.701. The minimum Gasteiger partial charge on any atom is -0.347 e. The standard InChI is InChI=1S/C22H19N3O5/c1-22(2)17-6-4-5-7-18(17)23(3)19(22)11-14(26)12-24-20(27)15-9-8-13(25(29)30)10-16(15)21(24)28/h4-11H,12H2,1-3H3/b19-11-. The lowest BCUT2D eigenvalue weighted by Gasteiger charge is -2.24. The van der Waals surface area contributed by atoms with E-state index >= 15 is 0 Å². The van der Waals surface area contributed by atoms with E-state index < -0.39 is 34.5 Å². The highest BCUT2D eigenvalue weighted by Crippen LogP contribution is 2.46. The molecule has 8 nitrogen and oxygen atoms in total. The number of hydrogen-bond donors (Lipinski definition) is 0. The number of anilines is 1. The Morgan fingerprint density at radius 1 is 1.10 bits per heavy atom. The van der Waals surface area contributed by atoms with Crippen molar-refractivity contribution in [3.05, 3.63) is 81.0 Å². The second kappa shape index (κ2) is 6.62. The molecule has 30 heavy (non-hydrogen) atoms. The first-order valence-electron chi connectivity index (χ1n) is 9.36. The number of imide groups is 1. The number of allylic oxidation sites excluding steroid dienone is 1. The van der Waals surface area contributed by atoms with Gasteiger partial charge in [-0.1, -0.05) is 32.0 Å². The van der Waals surface area contributed by atoms with Crippen LogP contribution in [0.4, 0.5) is 11.4 Å². The van der Waals surface area contributed by atoms with Crippen LogP contribution >= 0.6 is 0 Å². The number of hydrogen-bond acceptors (Lipinski definition) is 6. The van der Waals surface area contributed by atoms with Gasteiger partial charge in [0.25, 0.3) is 17.5 Å². The van der Waals surface area contributed by atoms with E-state index in [0.29, 0.717) is 0 Å². The molecule has 2 aromatic rings. The molecule has 0 fully saturated rings. The summed E-state index contributed by atoms with van der Waals surface area (Å²) in [7, 11) is 1.87. The van der Waals surface area contributed by atoms with Crippen molar-refractivity contribution < 1.29 is 19.3 Å². The van der Waals surface area contributed by atoms with Gasteiger partial charge in [-0.3, -0.25) is 29.4 Å². The van der Waals surface area contributed by atoms with E-state index in [1.54, 1.807) is 0 Å². The van der Waals surface area contributed by atoms with Crippen molar-refractivity contribution in [1.82, 2.24) is 4.90 Å². The van der Waals surface area contributed by atoms with E-state index in [-0.39, 0.29) is 16.8 Å². The van der Waals surface area contributed by atoms with E-state index in [1.165, 1.54) is 18.2 Å². The Labute approximate surface area is 172 Å². The first kappa shape index (κ1) is 19.5. The summed E-state index contributed by atoms with van der Waals surface area (Å²) in [6.07, 6.45) is 1.46. The van der Waals surface area contributed by atoms with Gasteiger partial charge in [0.05, 0.1) is 22.6 Å². The average Bonchev–Trinajstić information content (AvgIpc) is 3.06. The number of amides is 2. The molecule has 4 rings (SSSR count). The summed E-state index contributed by atoms with van der Waals surface area (Å²) < 4.78 is 0. The van der Waals surface area contributed by atoms with Crippen LogP contribution in [0.5, 0.6) is 0 Å². The van der Waals surface area contributed by atoms with Crippen molar-refractivity contribution in [2.45, 2.75) is 19.3 Å². The SMILES string of the molecule is CN1/C(=C\C(=O)CN2C(=O)c3ccc([N+](=O)[O-])cc3C2=O)C(C)(C)c2ccccc21. The maximum Gasteiger partial charge on any atom is 0.270 e. The highest BCUT2D eigenvalue weighted by molar-refractivity contribution is 6.23. The summed E-state index contributed by atoms with van der Waals surface area (Å²) >= 11 is 0. The van der Waals surface area contributed by atoms with Crippen molar-refractivity contribution in [2.75, 3.05) is 18.5 Å². The van der Waals surface area contributed by atoms with E-state index in [2.05, 4.69) is 0 Å². The van der Waals surface area contributed by atoms with Gasteiger partial charge in [-0.05, 0) is 17.7 Å². The Bertz CT molecular complexity index is 1170. The van der Waals surface area contributed by atoms with Gasteiger partial charge in [-0.25, -0.2) is 0 Å². The molecule has 0 atom stereocenters. The third kappa shape index (κ3) is 2.80. The molecule has 0 saturated carbocycles. The van der Waals surface area contributed by atoms with E-state index in [1.807, 2.05) is 50.1 Å². The fourth-order valence-corrected chi connectivity index (χ4v) is 4.15. The summed E-state index contributed by atoms with van der Waals surface area (Å²) in [6.45, 7) is 3.59. The number of benzene rings is 2. The molecule has 0 radical (unpaired) electrons. The van der Waals surface area contributed by atoms with Gasteiger partial charge >= 0.3 is 0 Å². The molecule has 0 spiro atoms. The molecular formula is C22H19N3O5. The maximum atomic E-state index is 12.8. The number of carbonyl (C=O) groups is 3. The molecule has 2 aliphatic heterocycles. The number of fused-ring (bicyclic) bond motifs is 2. The van der Waals surface area contributed by atoms with Crippen LogP contribution in [0.15, 0.2) is 54.2 Å². The zero-order chi connectivity index (χ0) is 21.8. The average molecular weight is 405 g/mol. The quantitative estimate of drug-likeness (QED) is 0.335. The topological polar surface area (TPSA) is 101 Å². The summed E-state index contributed by atoms with van der Waals surface area (Å²) in [5.74, 6) is -1.73. The molecule has 0 unspecified atom stereocenters. The van der Waals surface area contributed by atoms with Crippen LogP contribution in [-0.2, 0) is 10.2 Å². The molecule has 2 heterocycles. The number of nitro groups is 1. The molecule has 152 valence electrons. The number of non-ortho nitro benzene ring substituents is 1. The minimum absolute atomic E-state index is 0.0552. The molecule has 0 saturated heterocycles. The molecule has 2 aliphatic rings. The first-order chi connectivity index (χ1) is 14.1. The predicted octanol–water partition coefficient (Wildman–Crippen LogP) is 3.07. The molecular weight excluding hydrogens is 386 g/mol. The molecule has 0 N–H and O–H groups in total. The van der Waals surface area contributed by atoms with E-state index in [0.717, 1.165) is 27.9 Å². The number of para-hydroxylation sites is 1. The van der Waals surface area contributed by atoms with Gasteiger partial charge in [0.2, 0.25) is 0 Å². The van der Waals surface area contributed by atoms with E-state index in [9.17, 15) is 24.5 Å². The zero-order valence-electron chi connectivity index (χ0n) is 16.7. The van der Waals surface area contributed by atoms with Crippen LogP contribution in [0.1, 0.15) is 40.1 Å². The molecule has 2 aromatic carbocycles. The van der Waals surface area contributed by atoms with E-state index in [4.69, 9.17) is 0 Å². The monoisotopic (exact) mass is 405 g/mol. The summed E-state index contributed by atoms with van der Waals surface area (Å²) in [5.41, 5.74) is 2.16. The predicted molar refractivity (Wildman–Crippen MR) is 109 cm³/mol. The van der Waals surface area contributed by atoms with Crippen molar-refractivity contribution in [3.8, 4) is 0 Å². The zero-order valence-corrected chi connectivity index (χ0v) is 16.7. The molecule has 0 aliphatic carbocycles. The highest BCUT2D eigenvalue weighted by atomic mass is 16.6. The number of rotatable bonds is 4. The first-order valence-corrected chi connectivity index (χ1v) is 9.36. The summed E-state index contributed by atoms with van der Waals surface area (Å²) in [4.78, 5) is 51.1. The fourth-order valence-electron chi connectivity index (χ4n) is 4.15. The van der Waals surface area contributed by atoms with Gasteiger partial charge in [-0.2, -0.15) is 0 Å². The lowest BCUT2D eigenvalue weighted by molar-refractivity contribution is -0.384. The molecule has 8 heteroatoms. The van der Waals surface area contributed by atoms with Crippen molar-refractivity contribution in [1.29, 1.82) is 0 Å². The summed E-state index contributed by atoms with van der Waals surface area (Å²) in [6, 6.07) is 11.3. The van der Waals surface area contributed by atoms with Gasteiger partial charge in [0.1, 0.15) is 0 Å². The lowest BCUT2D eigenvalue weighted by Crippen LogP contribution is -2.35. The van der Waals surface area contributed by atoms with Crippen molar-refractivity contribution in [3.63, 3.8) is 0 Å². The number of nitro benzene ring substituents is 1. The second-order valence-corrected chi connectivity index (χ2v) is 7.88. The number of carbonyl (C=O) groups excluding carboxylic acids is 3. The molecule has 0 bridgehead atoms. The van der Waals surface area contributed by atoms with Crippen LogP contribution in [0, 0.1) is 10.1 Å². The smallest absolute Gasteiger partial charge is 0.270 e. The third-order valence-electron chi connectivity index (χ3n) is 5.72. The molecule has 2 amide bonds. The number of ketones is 1. The number of likely N-dealkylation sites (N-methyl/N-ethyl adjacent to an activating group) is 1. The lowest BCUT2D eigenvalue weighted by atomic mass is 9.83. The van der Waals surface area contributed by atoms with Crippen molar-refractivity contribution in [2.24, 2.45) is 0 Å². The molecule has 0 aromatic heterocycles. The maximum absolute atomic E-state index is 12.8. The van der Waals surface area contributed by atoms with Gasteiger partial charge < -0.3 is 4.90 Å². The van der Waals surface area contributed by atoms with Gasteiger partial charge in [-0.15, -0.1) is 0 Å². The Morgan fingerprint density at radius 2 is 1.77 bits per heavy atom. The van der Waals surface area contributed by atoms with Crippen LogP contribution < -0.4 is 4.90 Å². The highest BCUT2D eigenvalue weighted by Gasteiger charge is 2.40. The Morgan fingerprint density at radius 3 is 2.43 bits per heavy atom. The largest absolute Gasteiger partial charge is 0.347 e. The van der Waals surface area contributed by atoms with Gasteiger partial charge in [0.15, 0.2) is 5.78 Å². The van der Waals surface area contributed by atoms with Crippen LogP contribution in [0.3, 0.4) is 0 Å². The van der Waals surface area contributed by atoms with Crippen LogP contribution in [0.2, 0.25) is 0 Å². The van der Waals surface area contributed by atoms with Crippen LogP contribution in [-0.4, -0.2) is 41.0 Å². The Hall–Kier alpha value is -3.81. The number of nitrogens with zero attached hydrogens (tertiary/aromatic N) is 3. The van der Waals surface area contributed by atoms with Crippen molar-refractivity contribution >= 4 is 29.0 Å². The third-order valence-corrected chi connectivity index (χ3v) is 5.72. The Balaban J connectivity index is 1.60. The van der Waals surface area contributed by atoms with Crippen LogP contribution in [0.25, 0.3) is 0 Å². The normalized spacial score (nSPS) is 18.0. The summed E-state index contributed by atoms with van der Waals surface area (Å²) in [5, 5.41) is 11.0. The second-order valence-electron chi connectivity index (χ2n) is 7.88. The van der Waals surface area contributed by atoms with Gasteiger partial charge in [0, 0.05) is 42.1 Å². The fraction of sp³-hybridized carbons (Fsp3) is 0.227.